The van der Waals surface area contributed by atoms with E-state index in [0.717, 1.165) is 44.5 Å². The molecule has 1 heterocycles. The molecule has 0 spiro atoms. The molecule has 0 bridgehead atoms. The number of hydrogen-bond donors (Lipinski definition) is 2. The first-order valence-electron chi connectivity index (χ1n) is 6.72. The van der Waals surface area contributed by atoms with Crippen molar-refractivity contribution in [2.75, 3.05) is 13.1 Å². The van der Waals surface area contributed by atoms with E-state index in [-0.39, 0.29) is 6.61 Å². The molecule has 1 aromatic carbocycles. The minimum Gasteiger partial charge on any atom is -0.392 e. The second-order valence-electron chi connectivity index (χ2n) is 5.60. The van der Waals surface area contributed by atoms with Crippen LogP contribution < -0.4 is 0 Å². The predicted molar refractivity (Wildman–Crippen MR) is 72.1 cm³/mol. The topological polar surface area (TPSA) is 43.7 Å². The molecule has 1 aliphatic heterocycles. The van der Waals surface area contributed by atoms with E-state index in [4.69, 9.17) is 5.11 Å². The SMILES string of the molecule is CC1(O)CCCN(Cc2ccc(CO)cc2)CC1. The van der Waals surface area contributed by atoms with Gasteiger partial charge < -0.3 is 10.2 Å². The average Bonchev–Trinajstić information content (AvgIpc) is 2.52. The molecule has 1 atom stereocenters. The van der Waals surface area contributed by atoms with Crippen molar-refractivity contribution in [1.29, 1.82) is 0 Å². The van der Waals surface area contributed by atoms with Crippen LogP contribution in [0, 0.1) is 0 Å². The summed E-state index contributed by atoms with van der Waals surface area (Å²) in [6, 6.07) is 8.11. The molecule has 0 saturated carbocycles. The van der Waals surface area contributed by atoms with Crippen LogP contribution in [0.15, 0.2) is 24.3 Å². The Bertz CT molecular complexity index is 373. The summed E-state index contributed by atoms with van der Waals surface area (Å²) in [6.45, 7) is 4.98. The number of hydrogen-bond acceptors (Lipinski definition) is 3. The highest BCUT2D eigenvalue weighted by atomic mass is 16.3. The standard InChI is InChI=1S/C15H23NO2/c1-15(18)7-2-9-16(10-8-15)11-13-3-5-14(12-17)6-4-13/h3-6,17-18H,2,7-12H2,1H3. The van der Waals surface area contributed by atoms with Gasteiger partial charge in [-0.3, -0.25) is 4.90 Å². The summed E-state index contributed by atoms with van der Waals surface area (Å²) in [6.07, 6.45) is 2.80. The Hall–Kier alpha value is -0.900. The monoisotopic (exact) mass is 249 g/mol. The fourth-order valence-electron chi connectivity index (χ4n) is 2.49. The van der Waals surface area contributed by atoms with Crippen LogP contribution in [0.5, 0.6) is 0 Å². The second kappa shape index (κ2) is 5.83. The van der Waals surface area contributed by atoms with Gasteiger partial charge in [0.15, 0.2) is 0 Å². The van der Waals surface area contributed by atoms with E-state index < -0.39 is 5.60 Å². The largest absolute Gasteiger partial charge is 0.392 e. The molecule has 1 aliphatic rings. The maximum absolute atomic E-state index is 10.1. The van der Waals surface area contributed by atoms with Crippen LogP contribution in [-0.4, -0.2) is 33.8 Å². The fourth-order valence-corrected chi connectivity index (χ4v) is 2.49. The van der Waals surface area contributed by atoms with Crippen molar-refractivity contribution >= 4 is 0 Å². The van der Waals surface area contributed by atoms with Gasteiger partial charge in [-0.25, -0.2) is 0 Å². The van der Waals surface area contributed by atoms with Gasteiger partial charge >= 0.3 is 0 Å². The van der Waals surface area contributed by atoms with Gasteiger partial charge in [-0.2, -0.15) is 0 Å². The molecule has 18 heavy (non-hydrogen) atoms. The zero-order valence-electron chi connectivity index (χ0n) is 11.1. The number of aliphatic hydroxyl groups is 2. The van der Waals surface area contributed by atoms with Crippen LogP contribution in [0.25, 0.3) is 0 Å². The highest BCUT2D eigenvalue weighted by Crippen LogP contribution is 2.22. The van der Waals surface area contributed by atoms with E-state index in [1.807, 2.05) is 19.1 Å². The van der Waals surface area contributed by atoms with Crippen LogP contribution in [-0.2, 0) is 13.2 Å². The van der Waals surface area contributed by atoms with Crippen LogP contribution in [0.1, 0.15) is 37.3 Å². The van der Waals surface area contributed by atoms with Crippen molar-refractivity contribution in [2.45, 2.75) is 44.9 Å². The Morgan fingerprint density at radius 2 is 1.78 bits per heavy atom. The molecule has 3 nitrogen and oxygen atoms in total. The fraction of sp³-hybridized carbons (Fsp3) is 0.600. The quantitative estimate of drug-likeness (QED) is 0.860. The van der Waals surface area contributed by atoms with E-state index in [1.54, 1.807) is 0 Å². The molecular weight excluding hydrogens is 226 g/mol. The zero-order chi connectivity index (χ0) is 13.0. The minimum absolute atomic E-state index is 0.104. The molecule has 1 aromatic rings. The first kappa shape index (κ1) is 13.5. The molecule has 100 valence electrons. The van der Waals surface area contributed by atoms with Gasteiger partial charge in [0.2, 0.25) is 0 Å². The summed E-state index contributed by atoms with van der Waals surface area (Å²) in [5, 5.41) is 19.1. The van der Waals surface area contributed by atoms with Crippen molar-refractivity contribution < 1.29 is 10.2 Å². The van der Waals surface area contributed by atoms with Crippen molar-refractivity contribution in [1.82, 2.24) is 4.90 Å². The third-order valence-electron chi connectivity index (χ3n) is 3.77. The molecule has 2 rings (SSSR count). The number of rotatable bonds is 3. The van der Waals surface area contributed by atoms with Crippen molar-refractivity contribution in [3.8, 4) is 0 Å². The normalized spacial score (nSPS) is 25.9. The molecule has 1 unspecified atom stereocenters. The second-order valence-corrected chi connectivity index (χ2v) is 5.60. The lowest BCUT2D eigenvalue weighted by atomic mass is 9.98. The number of nitrogens with zero attached hydrogens (tertiary/aromatic N) is 1. The van der Waals surface area contributed by atoms with E-state index in [9.17, 15) is 5.11 Å². The van der Waals surface area contributed by atoms with E-state index >= 15 is 0 Å². The molecule has 0 aromatic heterocycles. The van der Waals surface area contributed by atoms with Crippen LogP contribution in [0.4, 0.5) is 0 Å². The van der Waals surface area contributed by atoms with Crippen LogP contribution >= 0.6 is 0 Å². The molecule has 0 aliphatic carbocycles. The van der Waals surface area contributed by atoms with Gasteiger partial charge in [0.05, 0.1) is 12.2 Å². The lowest BCUT2D eigenvalue weighted by Crippen LogP contribution is -2.28. The molecule has 3 heteroatoms. The maximum atomic E-state index is 10.1. The Balaban J connectivity index is 1.92. The van der Waals surface area contributed by atoms with E-state index in [0.29, 0.717) is 0 Å². The molecule has 0 radical (unpaired) electrons. The summed E-state index contributed by atoms with van der Waals surface area (Å²) < 4.78 is 0. The van der Waals surface area contributed by atoms with Gasteiger partial charge in [0, 0.05) is 13.1 Å². The molecular formula is C15H23NO2. The van der Waals surface area contributed by atoms with E-state index in [2.05, 4.69) is 17.0 Å². The van der Waals surface area contributed by atoms with Crippen LogP contribution in [0.2, 0.25) is 0 Å². The van der Waals surface area contributed by atoms with Gasteiger partial charge in [-0.05, 0) is 43.9 Å². The van der Waals surface area contributed by atoms with Gasteiger partial charge in [-0.15, -0.1) is 0 Å². The first-order chi connectivity index (χ1) is 8.59. The maximum Gasteiger partial charge on any atom is 0.0681 e. The first-order valence-corrected chi connectivity index (χ1v) is 6.72. The summed E-state index contributed by atoms with van der Waals surface area (Å²) in [4.78, 5) is 2.40. The Morgan fingerprint density at radius 3 is 2.44 bits per heavy atom. The zero-order valence-corrected chi connectivity index (χ0v) is 11.1. The highest BCUT2D eigenvalue weighted by Gasteiger charge is 2.24. The van der Waals surface area contributed by atoms with Crippen molar-refractivity contribution in [3.63, 3.8) is 0 Å². The van der Waals surface area contributed by atoms with Crippen molar-refractivity contribution in [2.24, 2.45) is 0 Å². The number of likely N-dealkylation sites (tertiary alicyclic amines) is 1. The van der Waals surface area contributed by atoms with E-state index in [1.165, 1.54) is 5.56 Å². The summed E-state index contributed by atoms with van der Waals surface area (Å²) >= 11 is 0. The third kappa shape index (κ3) is 3.80. The minimum atomic E-state index is -0.491. The number of benzene rings is 1. The lowest BCUT2D eigenvalue weighted by molar-refractivity contribution is 0.0444. The summed E-state index contributed by atoms with van der Waals surface area (Å²) in [5.74, 6) is 0. The summed E-state index contributed by atoms with van der Waals surface area (Å²) in [5.41, 5.74) is 1.74. The third-order valence-corrected chi connectivity index (χ3v) is 3.77. The van der Waals surface area contributed by atoms with Gasteiger partial charge in [-0.1, -0.05) is 24.3 Å². The Morgan fingerprint density at radius 1 is 1.11 bits per heavy atom. The number of aliphatic hydroxyl groups excluding tert-OH is 1. The average molecular weight is 249 g/mol. The van der Waals surface area contributed by atoms with Gasteiger partial charge in [0.1, 0.15) is 0 Å². The van der Waals surface area contributed by atoms with Gasteiger partial charge in [0.25, 0.3) is 0 Å². The predicted octanol–water partition coefficient (Wildman–Crippen LogP) is 1.92. The van der Waals surface area contributed by atoms with Crippen LogP contribution in [0.3, 0.4) is 0 Å². The molecule has 1 fully saturated rings. The Labute approximate surface area is 109 Å². The molecule has 1 saturated heterocycles. The smallest absolute Gasteiger partial charge is 0.0681 e. The molecule has 0 amide bonds. The highest BCUT2D eigenvalue weighted by molar-refractivity contribution is 5.21. The molecule has 2 N–H and O–H groups in total. The summed E-state index contributed by atoms with van der Waals surface area (Å²) in [7, 11) is 0. The lowest BCUT2D eigenvalue weighted by Gasteiger charge is -2.22. The van der Waals surface area contributed by atoms with Crippen molar-refractivity contribution in [3.05, 3.63) is 35.4 Å². The Kier molecular flexibility index (Phi) is 4.38.